The van der Waals surface area contributed by atoms with Gasteiger partial charge in [0, 0.05) is 24.5 Å². The molecule has 0 aromatic heterocycles. The van der Waals surface area contributed by atoms with Crippen molar-refractivity contribution in [2.24, 2.45) is 0 Å². The quantitative estimate of drug-likeness (QED) is 0.788. The van der Waals surface area contributed by atoms with Gasteiger partial charge in [-0.15, -0.1) is 0 Å². The van der Waals surface area contributed by atoms with E-state index in [0.29, 0.717) is 25.2 Å². The summed E-state index contributed by atoms with van der Waals surface area (Å²) in [5.74, 6) is 0. The van der Waals surface area contributed by atoms with Crippen molar-refractivity contribution >= 4 is 23.5 Å². The van der Waals surface area contributed by atoms with Crippen molar-refractivity contribution < 1.29 is 14.7 Å². The van der Waals surface area contributed by atoms with Crippen molar-refractivity contribution in [2.45, 2.75) is 19.9 Å². The monoisotopic (exact) mass is 325 g/mol. The highest BCUT2D eigenvalue weighted by molar-refractivity contribution is 5.99. The van der Waals surface area contributed by atoms with Gasteiger partial charge in [-0.3, -0.25) is 0 Å². The highest BCUT2D eigenvalue weighted by Gasteiger charge is 2.20. The molecule has 0 radical (unpaired) electrons. The number of nitrogens with zero attached hydrogens (tertiary/aromatic N) is 1. The number of urea groups is 1. The van der Waals surface area contributed by atoms with Crippen LogP contribution < -0.4 is 10.6 Å². The average molecular weight is 325 g/mol. The van der Waals surface area contributed by atoms with Gasteiger partial charge in [-0.25, -0.2) is 9.59 Å². The smallest absolute Gasteiger partial charge is 0.407 e. The Morgan fingerprint density at radius 1 is 1.00 bits per heavy atom. The normalized spacial score (nSPS) is 13.1. The van der Waals surface area contributed by atoms with Crippen LogP contribution in [0.3, 0.4) is 0 Å². The standard InChI is InChI=1S/C18H19N3O3/c1-12-2-5-15(6-3-12)19-17(22)20-16-7-4-14-11-21(18(23)24)9-8-13(14)10-16/h2-7,10H,8-9,11H2,1H3,(H,23,24)(H2,19,20,22). The van der Waals surface area contributed by atoms with E-state index in [1.165, 1.54) is 4.90 Å². The Balaban J connectivity index is 1.65. The van der Waals surface area contributed by atoms with E-state index in [2.05, 4.69) is 10.6 Å². The Hall–Kier alpha value is -3.02. The van der Waals surface area contributed by atoms with Gasteiger partial charge >= 0.3 is 12.1 Å². The summed E-state index contributed by atoms with van der Waals surface area (Å²) in [4.78, 5) is 24.5. The lowest BCUT2D eigenvalue weighted by Crippen LogP contribution is -2.34. The number of hydrogen-bond donors (Lipinski definition) is 3. The fraction of sp³-hybridized carbons (Fsp3) is 0.222. The van der Waals surface area contributed by atoms with Crippen LogP contribution in [0, 0.1) is 6.92 Å². The zero-order valence-electron chi connectivity index (χ0n) is 13.4. The summed E-state index contributed by atoms with van der Waals surface area (Å²) in [6, 6.07) is 12.8. The van der Waals surface area contributed by atoms with Crippen molar-refractivity contribution in [3.05, 3.63) is 59.2 Å². The largest absolute Gasteiger partial charge is 0.465 e. The van der Waals surface area contributed by atoms with Gasteiger partial charge in [0.15, 0.2) is 0 Å². The molecule has 3 N–H and O–H groups in total. The van der Waals surface area contributed by atoms with Crippen molar-refractivity contribution in [1.29, 1.82) is 0 Å². The molecule has 6 nitrogen and oxygen atoms in total. The average Bonchev–Trinajstić information content (AvgIpc) is 2.56. The Labute approximate surface area is 140 Å². The number of carbonyl (C=O) groups excluding carboxylic acids is 1. The first-order chi connectivity index (χ1) is 11.5. The molecule has 2 aromatic carbocycles. The lowest BCUT2D eigenvalue weighted by Gasteiger charge is -2.26. The van der Waals surface area contributed by atoms with Gasteiger partial charge in [0.25, 0.3) is 0 Å². The molecule has 2 aromatic rings. The van der Waals surface area contributed by atoms with E-state index in [1.807, 2.05) is 43.3 Å². The number of benzene rings is 2. The van der Waals surface area contributed by atoms with Crippen molar-refractivity contribution in [2.75, 3.05) is 17.2 Å². The minimum absolute atomic E-state index is 0.304. The summed E-state index contributed by atoms with van der Waals surface area (Å²) in [7, 11) is 0. The van der Waals surface area contributed by atoms with Crippen molar-refractivity contribution in [3.63, 3.8) is 0 Å². The minimum Gasteiger partial charge on any atom is -0.465 e. The van der Waals surface area contributed by atoms with Crippen LogP contribution in [-0.4, -0.2) is 28.7 Å². The first-order valence-corrected chi connectivity index (χ1v) is 7.75. The summed E-state index contributed by atoms with van der Waals surface area (Å²) in [5.41, 5.74) is 4.61. The third kappa shape index (κ3) is 3.65. The molecule has 0 unspecified atom stereocenters. The fourth-order valence-electron chi connectivity index (χ4n) is 2.72. The maximum Gasteiger partial charge on any atom is 0.407 e. The second-order valence-electron chi connectivity index (χ2n) is 5.88. The predicted octanol–water partition coefficient (Wildman–Crippen LogP) is 3.68. The number of hydrogen-bond acceptors (Lipinski definition) is 2. The van der Waals surface area contributed by atoms with Gasteiger partial charge in [-0.05, 0) is 48.7 Å². The number of carbonyl (C=O) groups is 2. The lowest BCUT2D eigenvalue weighted by molar-refractivity contribution is 0.140. The van der Waals surface area contributed by atoms with Crippen LogP contribution in [0.1, 0.15) is 16.7 Å². The number of fused-ring (bicyclic) bond motifs is 1. The van der Waals surface area contributed by atoms with Crippen molar-refractivity contribution in [3.8, 4) is 0 Å². The second-order valence-corrected chi connectivity index (χ2v) is 5.88. The highest BCUT2D eigenvalue weighted by Crippen LogP contribution is 2.23. The first kappa shape index (κ1) is 15.9. The number of aryl methyl sites for hydroxylation is 1. The third-order valence-corrected chi connectivity index (χ3v) is 4.06. The van der Waals surface area contributed by atoms with E-state index in [4.69, 9.17) is 5.11 Å². The van der Waals surface area contributed by atoms with Crippen LogP contribution in [0.25, 0.3) is 0 Å². The van der Waals surface area contributed by atoms with Crippen molar-refractivity contribution in [1.82, 2.24) is 4.90 Å². The molecule has 0 fully saturated rings. The maximum atomic E-state index is 12.1. The van der Waals surface area contributed by atoms with Gasteiger partial charge < -0.3 is 20.6 Å². The molecule has 3 amide bonds. The van der Waals surface area contributed by atoms with Gasteiger partial charge in [-0.2, -0.15) is 0 Å². The zero-order valence-corrected chi connectivity index (χ0v) is 13.4. The summed E-state index contributed by atoms with van der Waals surface area (Å²) in [5, 5.41) is 14.6. The molecule has 0 saturated carbocycles. The summed E-state index contributed by atoms with van der Waals surface area (Å²) in [6.07, 6.45) is -0.253. The highest BCUT2D eigenvalue weighted by atomic mass is 16.4. The predicted molar refractivity (Wildman–Crippen MR) is 92.4 cm³/mol. The molecule has 124 valence electrons. The van der Waals surface area contributed by atoms with Gasteiger partial charge in [0.2, 0.25) is 0 Å². The summed E-state index contributed by atoms with van der Waals surface area (Å²) >= 11 is 0. The SMILES string of the molecule is Cc1ccc(NC(=O)Nc2ccc3c(c2)CCN(C(=O)O)C3)cc1. The molecule has 6 heteroatoms. The number of nitrogens with one attached hydrogen (secondary N) is 2. The summed E-state index contributed by atoms with van der Waals surface area (Å²) in [6.45, 7) is 2.85. The second kappa shape index (κ2) is 6.62. The Morgan fingerprint density at radius 2 is 1.67 bits per heavy atom. The topological polar surface area (TPSA) is 81.7 Å². The van der Waals surface area contributed by atoms with Crippen LogP contribution in [-0.2, 0) is 13.0 Å². The maximum absolute atomic E-state index is 12.1. The Kier molecular flexibility index (Phi) is 4.37. The first-order valence-electron chi connectivity index (χ1n) is 7.75. The van der Waals surface area contributed by atoms with Gasteiger partial charge in [-0.1, -0.05) is 23.8 Å². The molecule has 1 aliphatic heterocycles. The molecule has 1 heterocycles. The fourth-order valence-corrected chi connectivity index (χ4v) is 2.72. The number of amides is 3. The molecule has 0 spiro atoms. The van der Waals surface area contributed by atoms with E-state index in [1.54, 1.807) is 6.07 Å². The van der Waals surface area contributed by atoms with Crippen LogP contribution in [0.15, 0.2) is 42.5 Å². The van der Waals surface area contributed by atoms with Crippen LogP contribution in [0.4, 0.5) is 21.0 Å². The van der Waals surface area contributed by atoms with E-state index in [9.17, 15) is 9.59 Å². The van der Waals surface area contributed by atoms with Gasteiger partial charge in [0.05, 0.1) is 0 Å². The number of rotatable bonds is 2. The molecular formula is C18H19N3O3. The molecule has 1 aliphatic rings. The third-order valence-electron chi connectivity index (χ3n) is 4.06. The number of anilines is 2. The molecular weight excluding hydrogens is 306 g/mol. The van der Waals surface area contributed by atoms with Crippen LogP contribution >= 0.6 is 0 Å². The number of carboxylic acid groups (broad SMARTS) is 1. The van der Waals surface area contributed by atoms with E-state index in [-0.39, 0.29) is 6.03 Å². The molecule has 3 rings (SSSR count). The molecule has 0 saturated heterocycles. The molecule has 0 atom stereocenters. The summed E-state index contributed by atoms with van der Waals surface area (Å²) < 4.78 is 0. The lowest BCUT2D eigenvalue weighted by atomic mass is 9.99. The minimum atomic E-state index is -0.902. The van der Waals surface area contributed by atoms with E-state index in [0.717, 1.165) is 22.4 Å². The van der Waals surface area contributed by atoms with Gasteiger partial charge in [0.1, 0.15) is 0 Å². The molecule has 24 heavy (non-hydrogen) atoms. The van der Waals surface area contributed by atoms with Crippen LogP contribution in [0.5, 0.6) is 0 Å². The molecule has 0 aliphatic carbocycles. The molecule has 0 bridgehead atoms. The Bertz CT molecular complexity index is 772. The van der Waals surface area contributed by atoms with E-state index < -0.39 is 6.09 Å². The zero-order chi connectivity index (χ0) is 17.1. The Morgan fingerprint density at radius 3 is 2.38 bits per heavy atom. The van der Waals surface area contributed by atoms with Crippen LogP contribution in [0.2, 0.25) is 0 Å². The van der Waals surface area contributed by atoms with E-state index >= 15 is 0 Å².